The summed E-state index contributed by atoms with van der Waals surface area (Å²) < 4.78 is 1.86. The van der Waals surface area contributed by atoms with Gasteiger partial charge in [0.15, 0.2) is 11.0 Å². The zero-order chi connectivity index (χ0) is 25.4. The van der Waals surface area contributed by atoms with Crippen LogP contribution < -0.4 is 10.6 Å². The van der Waals surface area contributed by atoms with Gasteiger partial charge in [-0.2, -0.15) is 0 Å². The Bertz CT molecular complexity index is 1260. The Morgan fingerprint density at radius 1 is 1.00 bits per heavy atom. The van der Waals surface area contributed by atoms with Crippen molar-refractivity contribution in [2.45, 2.75) is 61.5 Å². The lowest BCUT2D eigenvalue weighted by Crippen LogP contribution is -2.61. The van der Waals surface area contributed by atoms with Crippen LogP contribution in [-0.2, 0) is 12.3 Å². The molecular weight excluding hydrogens is 488 g/mol. The number of hydrogen-bond donors (Lipinski definition) is 2. The molecule has 4 aliphatic carbocycles. The minimum atomic E-state index is -0.418. The SMILES string of the molecule is O=C(NCc1nnc(SCc2ccccc2)n1-c1ccc([N+](=O)[O-])cc1)NC12CC3CC(CC(C3)C1)C2. The fourth-order valence-electron chi connectivity index (χ4n) is 6.92. The lowest BCUT2D eigenvalue weighted by molar-refractivity contribution is -0.384. The second-order valence-electron chi connectivity index (χ2n) is 10.8. The third-order valence-corrected chi connectivity index (χ3v) is 9.05. The largest absolute Gasteiger partial charge is 0.333 e. The molecule has 4 aliphatic rings. The predicted octanol–water partition coefficient (Wildman–Crippen LogP) is 5.24. The lowest BCUT2D eigenvalue weighted by atomic mass is 9.53. The van der Waals surface area contributed by atoms with Crippen LogP contribution >= 0.6 is 11.8 Å². The van der Waals surface area contributed by atoms with Gasteiger partial charge in [-0.3, -0.25) is 14.7 Å². The minimum Gasteiger partial charge on any atom is -0.333 e. The summed E-state index contributed by atoms with van der Waals surface area (Å²) in [6.07, 6.45) is 7.24. The summed E-state index contributed by atoms with van der Waals surface area (Å²) in [5.74, 6) is 3.53. The van der Waals surface area contributed by atoms with E-state index in [4.69, 9.17) is 0 Å². The van der Waals surface area contributed by atoms with Crippen molar-refractivity contribution in [2.75, 3.05) is 0 Å². The van der Waals surface area contributed by atoms with Gasteiger partial charge in [0.2, 0.25) is 0 Å². The molecule has 4 saturated carbocycles. The van der Waals surface area contributed by atoms with Gasteiger partial charge in [0.05, 0.1) is 11.5 Å². The van der Waals surface area contributed by atoms with Crippen molar-refractivity contribution in [3.63, 3.8) is 0 Å². The number of non-ortho nitro benzene ring substituents is 1. The van der Waals surface area contributed by atoms with E-state index in [2.05, 4.69) is 33.0 Å². The number of nitro groups is 1. The normalized spacial score (nSPS) is 25.7. The molecule has 2 aromatic carbocycles. The van der Waals surface area contributed by atoms with Crippen LogP contribution in [0.4, 0.5) is 10.5 Å². The number of amides is 2. The van der Waals surface area contributed by atoms with E-state index in [1.54, 1.807) is 12.1 Å². The van der Waals surface area contributed by atoms with Gasteiger partial charge in [-0.15, -0.1) is 10.2 Å². The topological polar surface area (TPSA) is 115 Å². The maximum absolute atomic E-state index is 13.0. The molecule has 0 spiro atoms. The van der Waals surface area contributed by atoms with Crippen molar-refractivity contribution in [3.8, 4) is 5.69 Å². The van der Waals surface area contributed by atoms with Gasteiger partial charge in [-0.1, -0.05) is 42.1 Å². The maximum Gasteiger partial charge on any atom is 0.315 e. The highest BCUT2D eigenvalue weighted by molar-refractivity contribution is 7.98. The number of carbonyl (C=O) groups is 1. The molecule has 3 aromatic rings. The van der Waals surface area contributed by atoms with Gasteiger partial charge in [0, 0.05) is 29.1 Å². The highest BCUT2D eigenvalue weighted by atomic mass is 32.2. The molecule has 192 valence electrons. The zero-order valence-electron chi connectivity index (χ0n) is 20.5. The number of nitro benzene ring substituents is 1. The van der Waals surface area contributed by atoms with E-state index in [-0.39, 0.29) is 23.8 Å². The molecule has 0 aliphatic heterocycles. The van der Waals surface area contributed by atoms with E-state index >= 15 is 0 Å². The minimum absolute atomic E-state index is 0.0185. The van der Waals surface area contributed by atoms with Crippen molar-refractivity contribution in [2.24, 2.45) is 17.8 Å². The second kappa shape index (κ2) is 9.81. The van der Waals surface area contributed by atoms with Gasteiger partial charge in [-0.05, 0) is 74.0 Å². The zero-order valence-corrected chi connectivity index (χ0v) is 21.3. The molecular formula is C27H30N6O3S. The molecule has 37 heavy (non-hydrogen) atoms. The number of hydrogen-bond acceptors (Lipinski definition) is 6. The number of benzene rings is 2. The Morgan fingerprint density at radius 3 is 2.27 bits per heavy atom. The van der Waals surface area contributed by atoms with Crippen LogP contribution in [0, 0.1) is 27.9 Å². The van der Waals surface area contributed by atoms with Crippen molar-refractivity contribution in [1.82, 2.24) is 25.4 Å². The van der Waals surface area contributed by atoms with E-state index in [0.717, 1.165) is 42.6 Å². The van der Waals surface area contributed by atoms with Crippen LogP contribution in [0.2, 0.25) is 0 Å². The maximum atomic E-state index is 13.0. The third kappa shape index (κ3) is 5.07. The molecule has 0 radical (unpaired) electrons. The number of nitrogens with zero attached hydrogens (tertiary/aromatic N) is 4. The van der Waals surface area contributed by atoms with E-state index in [1.807, 2.05) is 22.8 Å². The first-order valence-corrected chi connectivity index (χ1v) is 13.9. The molecule has 4 bridgehead atoms. The number of aromatic nitrogens is 3. The van der Waals surface area contributed by atoms with Gasteiger partial charge < -0.3 is 10.6 Å². The molecule has 4 fully saturated rings. The number of thioether (sulfide) groups is 1. The monoisotopic (exact) mass is 518 g/mol. The molecule has 2 amide bonds. The van der Waals surface area contributed by atoms with E-state index in [9.17, 15) is 14.9 Å². The van der Waals surface area contributed by atoms with Crippen molar-refractivity contribution in [1.29, 1.82) is 0 Å². The molecule has 1 heterocycles. The van der Waals surface area contributed by atoms with E-state index < -0.39 is 4.92 Å². The summed E-state index contributed by atoms with van der Waals surface area (Å²) in [7, 11) is 0. The summed E-state index contributed by atoms with van der Waals surface area (Å²) in [4.78, 5) is 23.8. The van der Waals surface area contributed by atoms with Crippen LogP contribution in [-0.4, -0.2) is 31.3 Å². The molecule has 2 N–H and O–H groups in total. The first kappa shape index (κ1) is 24.0. The lowest BCUT2D eigenvalue weighted by Gasteiger charge is -2.56. The Balaban J connectivity index is 1.18. The van der Waals surface area contributed by atoms with Crippen molar-refractivity contribution < 1.29 is 9.72 Å². The quantitative estimate of drug-likeness (QED) is 0.240. The Morgan fingerprint density at radius 2 is 1.65 bits per heavy atom. The average molecular weight is 519 g/mol. The summed E-state index contributed by atoms with van der Waals surface area (Å²) >= 11 is 1.53. The summed E-state index contributed by atoms with van der Waals surface area (Å²) in [6.45, 7) is 0.202. The molecule has 7 rings (SSSR count). The molecule has 1 aromatic heterocycles. The third-order valence-electron chi connectivity index (χ3n) is 8.05. The van der Waals surface area contributed by atoms with Crippen molar-refractivity contribution >= 4 is 23.5 Å². The summed E-state index contributed by atoms with van der Waals surface area (Å²) in [5, 5.41) is 26.9. The number of urea groups is 1. The van der Waals surface area contributed by atoms with Crippen LogP contribution in [0.25, 0.3) is 5.69 Å². The smallest absolute Gasteiger partial charge is 0.315 e. The summed E-state index contributed by atoms with van der Waals surface area (Å²) in [5.41, 5.74) is 1.82. The fraction of sp³-hybridized carbons (Fsp3) is 0.444. The average Bonchev–Trinajstić information content (AvgIpc) is 3.28. The Hall–Kier alpha value is -3.40. The first-order chi connectivity index (χ1) is 18.0. The predicted molar refractivity (Wildman–Crippen MR) is 140 cm³/mol. The number of rotatable bonds is 8. The van der Waals surface area contributed by atoms with E-state index in [1.165, 1.54) is 43.2 Å². The van der Waals surface area contributed by atoms with Gasteiger partial charge >= 0.3 is 6.03 Å². The molecule has 0 unspecified atom stereocenters. The van der Waals surface area contributed by atoms with Crippen LogP contribution in [0.15, 0.2) is 59.8 Å². The number of nitrogens with one attached hydrogen (secondary N) is 2. The highest BCUT2D eigenvalue weighted by Crippen LogP contribution is 2.55. The highest BCUT2D eigenvalue weighted by Gasteiger charge is 2.51. The Labute approximate surface area is 219 Å². The fourth-order valence-corrected chi connectivity index (χ4v) is 7.85. The van der Waals surface area contributed by atoms with Gasteiger partial charge in [-0.25, -0.2) is 4.79 Å². The molecule has 0 atom stereocenters. The molecule has 0 saturated heterocycles. The van der Waals surface area contributed by atoms with Gasteiger partial charge in [0.1, 0.15) is 0 Å². The molecule has 10 heteroatoms. The Kier molecular flexibility index (Phi) is 6.36. The summed E-state index contributed by atoms with van der Waals surface area (Å²) in [6, 6.07) is 16.2. The number of carbonyl (C=O) groups excluding carboxylic acids is 1. The van der Waals surface area contributed by atoms with Crippen LogP contribution in [0.1, 0.15) is 49.9 Å². The first-order valence-electron chi connectivity index (χ1n) is 12.9. The van der Waals surface area contributed by atoms with E-state index in [0.29, 0.717) is 22.4 Å². The second-order valence-corrected chi connectivity index (χ2v) is 11.7. The molecule has 9 nitrogen and oxygen atoms in total. The standard InChI is InChI=1S/C27H30N6O3S/c34-25(29-27-13-19-10-20(14-27)12-21(11-19)15-27)28-16-24-30-31-26(37-17-18-4-2-1-3-5-18)32(24)22-6-8-23(9-7-22)33(35)36/h1-9,19-21H,10-17H2,(H2,28,29,34). The van der Waals surface area contributed by atoms with Crippen LogP contribution in [0.3, 0.4) is 0 Å². The van der Waals surface area contributed by atoms with Crippen molar-refractivity contribution in [3.05, 3.63) is 76.1 Å². The van der Waals surface area contributed by atoms with Crippen LogP contribution in [0.5, 0.6) is 0 Å². The van der Waals surface area contributed by atoms with Gasteiger partial charge in [0.25, 0.3) is 5.69 Å².